The van der Waals surface area contributed by atoms with Crippen molar-refractivity contribution in [2.75, 3.05) is 11.3 Å². The highest BCUT2D eigenvalue weighted by atomic mass is 15.5. The number of nitrogens with one attached hydrogen (secondary N) is 1. The van der Waals surface area contributed by atoms with Crippen molar-refractivity contribution in [1.29, 1.82) is 0 Å². The van der Waals surface area contributed by atoms with Gasteiger partial charge < -0.3 is 5.84 Å². The molecule has 0 atom stereocenters. The minimum absolute atomic E-state index is 0.409. The first-order valence-corrected chi connectivity index (χ1v) is 5.19. The van der Waals surface area contributed by atoms with Gasteiger partial charge in [0, 0.05) is 18.8 Å². The molecule has 0 saturated carbocycles. The van der Waals surface area contributed by atoms with Crippen LogP contribution >= 0.6 is 0 Å². The smallest absolute Gasteiger partial charge is 0.263 e. The summed E-state index contributed by atoms with van der Waals surface area (Å²) in [5.74, 6) is 6.85. The van der Waals surface area contributed by atoms with Gasteiger partial charge in [-0.2, -0.15) is 5.10 Å². The fraction of sp³-hybridized carbons (Fsp3) is 0.200. The summed E-state index contributed by atoms with van der Waals surface area (Å²) in [4.78, 5) is 3.91. The Hall–Kier alpha value is -2.44. The fourth-order valence-electron chi connectivity index (χ4n) is 1.26. The van der Waals surface area contributed by atoms with Crippen LogP contribution in [0.25, 0.3) is 0 Å². The highest BCUT2D eigenvalue weighted by Crippen LogP contribution is 2.02. The molecule has 0 spiro atoms. The molecule has 7 heteroatoms. The number of aryl methyl sites for hydroxylation is 1. The number of nitrogen functional groups attached to an aromatic ring is 1. The van der Waals surface area contributed by atoms with Crippen molar-refractivity contribution in [2.24, 2.45) is 5.10 Å². The fourth-order valence-corrected chi connectivity index (χ4v) is 1.26. The molecule has 17 heavy (non-hydrogen) atoms. The first-order chi connectivity index (χ1) is 8.31. The second kappa shape index (κ2) is 5.06. The summed E-state index contributed by atoms with van der Waals surface area (Å²) in [6.45, 7) is 1.96. The summed E-state index contributed by atoms with van der Waals surface area (Å²) < 4.78 is 1.38. The molecule has 0 unspecified atom stereocenters. The first kappa shape index (κ1) is 11.1. The lowest BCUT2D eigenvalue weighted by Gasteiger charge is -2.00. The van der Waals surface area contributed by atoms with Gasteiger partial charge in [-0.05, 0) is 17.7 Å². The Morgan fingerprint density at radius 1 is 1.41 bits per heavy atom. The number of rotatable bonds is 4. The van der Waals surface area contributed by atoms with Crippen LogP contribution in [0.15, 0.2) is 29.6 Å². The van der Waals surface area contributed by atoms with Gasteiger partial charge in [-0.3, -0.25) is 4.98 Å². The van der Waals surface area contributed by atoms with Crippen molar-refractivity contribution in [3.05, 3.63) is 35.9 Å². The zero-order valence-corrected chi connectivity index (χ0v) is 9.41. The summed E-state index contributed by atoms with van der Waals surface area (Å²) >= 11 is 0. The number of hydrogen-bond acceptors (Lipinski definition) is 6. The molecule has 0 bridgehead atoms. The van der Waals surface area contributed by atoms with E-state index in [-0.39, 0.29) is 0 Å². The molecule has 88 valence electrons. The molecule has 2 heterocycles. The number of hydrogen-bond donors (Lipinski definition) is 2. The molecular formula is C10H13N7. The Kier molecular flexibility index (Phi) is 3.29. The number of anilines is 1. The highest BCUT2D eigenvalue weighted by Gasteiger charge is 2.05. The molecule has 0 aliphatic carbocycles. The third-order valence-electron chi connectivity index (χ3n) is 2.17. The number of pyridine rings is 1. The zero-order chi connectivity index (χ0) is 12.1. The Morgan fingerprint density at radius 2 is 2.18 bits per heavy atom. The van der Waals surface area contributed by atoms with Crippen LogP contribution in [0.3, 0.4) is 0 Å². The summed E-state index contributed by atoms with van der Waals surface area (Å²) in [7, 11) is 0. The number of hydrazone groups is 1. The van der Waals surface area contributed by atoms with E-state index in [1.54, 1.807) is 18.6 Å². The average molecular weight is 231 g/mol. The van der Waals surface area contributed by atoms with Gasteiger partial charge in [0.25, 0.3) is 5.95 Å². The molecule has 0 amide bonds. The van der Waals surface area contributed by atoms with E-state index < -0.39 is 0 Å². The zero-order valence-electron chi connectivity index (χ0n) is 9.41. The van der Waals surface area contributed by atoms with Crippen LogP contribution in [0.2, 0.25) is 0 Å². The van der Waals surface area contributed by atoms with E-state index in [1.807, 2.05) is 19.1 Å². The van der Waals surface area contributed by atoms with Crippen LogP contribution in [0.1, 0.15) is 18.3 Å². The molecule has 0 aromatic carbocycles. The molecule has 2 aromatic rings. The molecule has 7 nitrogen and oxygen atoms in total. The van der Waals surface area contributed by atoms with Gasteiger partial charge in [0.05, 0.1) is 6.21 Å². The van der Waals surface area contributed by atoms with Crippen LogP contribution < -0.4 is 11.3 Å². The Bertz CT molecular complexity index is 503. The highest BCUT2D eigenvalue weighted by molar-refractivity contribution is 5.79. The molecule has 0 fully saturated rings. The largest absolute Gasteiger partial charge is 0.335 e. The number of nitrogens with two attached hydrogens (primary N) is 1. The van der Waals surface area contributed by atoms with Gasteiger partial charge in [-0.25, -0.2) is 10.1 Å². The summed E-state index contributed by atoms with van der Waals surface area (Å²) in [5, 5.41) is 11.8. The summed E-state index contributed by atoms with van der Waals surface area (Å²) in [5.41, 5.74) is 3.67. The molecule has 0 saturated heterocycles. The average Bonchev–Trinajstić information content (AvgIpc) is 2.72. The second-order valence-corrected chi connectivity index (χ2v) is 3.31. The van der Waals surface area contributed by atoms with Gasteiger partial charge in [0.2, 0.25) is 0 Å². The third-order valence-corrected chi connectivity index (χ3v) is 2.17. The van der Waals surface area contributed by atoms with E-state index in [4.69, 9.17) is 5.84 Å². The Labute approximate surface area is 98.4 Å². The van der Waals surface area contributed by atoms with E-state index >= 15 is 0 Å². The molecule has 0 aliphatic heterocycles. The maximum absolute atomic E-state index is 5.74. The lowest BCUT2D eigenvalue weighted by atomic mass is 10.3. The quantitative estimate of drug-likeness (QED) is 0.451. The van der Waals surface area contributed by atoms with Crippen LogP contribution in [0, 0.1) is 0 Å². The maximum Gasteiger partial charge on any atom is 0.263 e. The van der Waals surface area contributed by atoms with Crippen LogP contribution in [0.5, 0.6) is 0 Å². The SMILES string of the molecule is CCc1nnc(N/N=C\c2ccncc2)n1N. The van der Waals surface area contributed by atoms with Crippen molar-refractivity contribution < 1.29 is 0 Å². The lowest BCUT2D eigenvalue weighted by molar-refractivity contribution is 0.855. The summed E-state index contributed by atoms with van der Waals surface area (Å²) in [6.07, 6.45) is 5.77. The normalized spacial score (nSPS) is 10.9. The molecule has 2 rings (SSSR count). The predicted octanol–water partition coefficient (Wildman–Crippen LogP) is 0.395. The van der Waals surface area contributed by atoms with Gasteiger partial charge >= 0.3 is 0 Å². The maximum atomic E-state index is 5.74. The first-order valence-electron chi connectivity index (χ1n) is 5.19. The van der Waals surface area contributed by atoms with Crippen molar-refractivity contribution in [3.8, 4) is 0 Å². The minimum Gasteiger partial charge on any atom is -0.335 e. The minimum atomic E-state index is 0.409. The summed E-state index contributed by atoms with van der Waals surface area (Å²) in [6, 6.07) is 3.69. The van der Waals surface area contributed by atoms with Crippen LogP contribution in [-0.2, 0) is 6.42 Å². The monoisotopic (exact) mass is 231 g/mol. The van der Waals surface area contributed by atoms with Crippen molar-refractivity contribution in [1.82, 2.24) is 19.9 Å². The van der Waals surface area contributed by atoms with Crippen molar-refractivity contribution in [3.63, 3.8) is 0 Å². The van der Waals surface area contributed by atoms with E-state index in [9.17, 15) is 0 Å². The van der Waals surface area contributed by atoms with Crippen LogP contribution in [-0.4, -0.2) is 26.1 Å². The van der Waals surface area contributed by atoms with Crippen LogP contribution in [0.4, 0.5) is 5.95 Å². The van der Waals surface area contributed by atoms with Gasteiger partial charge in [0.1, 0.15) is 0 Å². The number of aromatic nitrogens is 4. The standard InChI is InChI=1S/C10H13N7/c1-2-9-14-16-10(17(9)11)15-13-7-8-3-5-12-6-4-8/h3-7H,2,11H2,1H3,(H,15,16)/b13-7-. The van der Waals surface area contributed by atoms with Gasteiger partial charge in [0.15, 0.2) is 5.82 Å². The van der Waals surface area contributed by atoms with Crippen molar-refractivity contribution in [2.45, 2.75) is 13.3 Å². The van der Waals surface area contributed by atoms with Crippen molar-refractivity contribution >= 4 is 12.2 Å². The molecular weight excluding hydrogens is 218 g/mol. The Balaban J connectivity index is 2.03. The molecule has 0 aliphatic rings. The lowest BCUT2D eigenvalue weighted by Crippen LogP contribution is -2.14. The molecule has 2 aromatic heterocycles. The topological polar surface area (TPSA) is 94.0 Å². The predicted molar refractivity (Wildman–Crippen MR) is 65.0 cm³/mol. The van der Waals surface area contributed by atoms with E-state index in [0.717, 1.165) is 12.0 Å². The molecule has 3 N–H and O–H groups in total. The third kappa shape index (κ3) is 2.57. The number of nitrogens with zero attached hydrogens (tertiary/aromatic N) is 5. The van der Waals surface area contributed by atoms with E-state index in [1.165, 1.54) is 4.68 Å². The van der Waals surface area contributed by atoms with Gasteiger partial charge in [-0.1, -0.05) is 6.92 Å². The van der Waals surface area contributed by atoms with E-state index in [2.05, 4.69) is 25.7 Å². The van der Waals surface area contributed by atoms with E-state index in [0.29, 0.717) is 11.8 Å². The second-order valence-electron chi connectivity index (χ2n) is 3.31. The molecule has 0 radical (unpaired) electrons. The van der Waals surface area contributed by atoms with Gasteiger partial charge in [-0.15, -0.1) is 10.2 Å². The Morgan fingerprint density at radius 3 is 2.82 bits per heavy atom.